The van der Waals surface area contributed by atoms with Crippen LogP contribution in [0, 0.1) is 11.6 Å². The highest BCUT2D eigenvalue weighted by atomic mass is 35.5. The lowest BCUT2D eigenvalue weighted by atomic mass is 10.2. The van der Waals surface area contributed by atoms with Crippen LogP contribution in [0.1, 0.15) is 4.88 Å². The van der Waals surface area contributed by atoms with Gasteiger partial charge >= 0.3 is 0 Å². The lowest BCUT2D eigenvalue weighted by molar-refractivity contribution is 0.0358. The molecule has 0 fully saturated rings. The molecule has 1 aromatic carbocycles. The highest BCUT2D eigenvalue weighted by Crippen LogP contribution is 2.26. The molecule has 0 amide bonds. The average Bonchev–Trinajstić information content (AvgIpc) is 2.90. The zero-order valence-electron chi connectivity index (χ0n) is 11.0. The van der Waals surface area contributed by atoms with Gasteiger partial charge in [0.15, 0.2) is 5.82 Å². The number of ether oxygens (including phenoxy) is 1. The van der Waals surface area contributed by atoms with E-state index in [1.165, 1.54) is 0 Å². The van der Waals surface area contributed by atoms with E-state index < -0.39 is 17.7 Å². The zero-order chi connectivity index (χ0) is 15.2. The van der Waals surface area contributed by atoms with Crippen LogP contribution in [0.25, 0.3) is 0 Å². The summed E-state index contributed by atoms with van der Waals surface area (Å²) in [5.74, 6) is -1.55. The topological polar surface area (TPSA) is 41.5 Å². The van der Waals surface area contributed by atoms with Crippen LogP contribution in [0.5, 0.6) is 0 Å². The molecule has 2 aromatic rings. The predicted molar refractivity (Wildman–Crippen MR) is 79.8 cm³/mol. The van der Waals surface area contributed by atoms with E-state index in [0.717, 1.165) is 17.0 Å². The monoisotopic (exact) mass is 333 g/mol. The van der Waals surface area contributed by atoms with Crippen LogP contribution in [0.3, 0.4) is 0 Å². The van der Waals surface area contributed by atoms with Crippen LogP contribution in [0.2, 0.25) is 5.02 Å². The molecule has 0 aliphatic carbocycles. The lowest BCUT2D eigenvalue weighted by Gasteiger charge is -2.14. The smallest absolute Gasteiger partial charge is 0.150 e. The summed E-state index contributed by atoms with van der Waals surface area (Å²) in [5, 5.41) is 14.3. The van der Waals surface area contributed by atoms with Crippen molar-refractivity contribution < 1.29 is 18.6 Å². The maximum Gasteiger partial charge on any atom is 0.150 e. The highest BCUT2D eigenvalue weighted by molar-refractivity contribution is 7.09. The molecule has 0 saturated carbocycles. The summed E-state index contributed by atoms with van der Waals surface area (Å²) in [6, 6.07) is 5.59. The van der Waals surface area contributed by atoms with Crippen molar-refractivity contribution in [2.45, 2.75) is 12.7 Å². The van der Waals surface area contributed by atoms with E-state index in [-0.39, 0.29) is 23.9 Å². The highest BCUT2D eigenvalue weighted by Gasteiger charge is 2.12. The van der Waals surface area contributed by atoms with Crippen molar-refractivity contribution in [3.63, 3.8) is 0 Å². The molecular formula is C14H14ClF2NO2S. The Morgan fingerprint density at radius 3 is 2.86 bits per heavy atom. The fourth-order valence-corrected chi connectivity index (χ4v) is 2.58. The maximum absolute atomic E-state index is 13.5. The third-order valence-corrected chi connectivity index (χ3v) is 3.80. The van der Waals surface area contributed by atoms with Crippen molar-refractivity contribution in [3.05, 3.63) is 51.2 Å². The van der Waals surface area contributed by atoms with Gasteiger partial charge in [-0.3, -0.25) is 0 Å². The summed E-state index contributed by atoms with van der Waals surface area (Å²) >= 11 is 7.30. The molecule has 114 valence electrons. The molecule has 7 heteroatoms. The first-order chi connectivity index (χ1) is 10.1. The van der Waals surface area contributed by atoms with E-state index in [4.69, 9.17) is 16.3 Å². The van der Waals surface area contributed by atoms with Crippen LogP contribution in [-0.2, 0) is 11.3 Å². The summed E-state index contributed by atoms with van der Waals surface area (Å²) in [4.78, 5) is 1.06. The summed E-state index contributed by atoms with van der Waals surface area (Å²) in [6.07, 6.45) is -0.828. The van der Waals surface area contributed by atoms with Crippen molar-refractivity contribution in [3.8, 4) is 0 Å². The third-order valence-electron chi connectivity index (χ3n) is 2.66. The molecule has 0 radical (unpaired) electrons. The minimum atomic E-state index is -0.828. The molecule has 0 aliphatic heterocycles. The second-order valence-corrected chi connectivity index (χ2v) is 5.81. The van der Waals surface area contributed by atoms with Crippen molar-refractivity contribution >= 4 is 28.6 Å². The minimum absolute atomic E-state index is 0.0321. The van der Waals surface area contributed by atoms with Gasteiger partial charge in [-0.15, -0.1) is 11.3 Å². The molecule has 1 atom stereocenters. The van der Waals surface area contributed by atoms with Crippen molar-refractivity contribution in [1.29, 1.82) is 0 Å². The van der Waals surface area contributed by atoms with Crippen molar-refractivity contribution in [2.75, 3.05) is 18.5 Å². The zero-order valence-corrected chi connectivity index (χ0v) is 12.6. The van der Waals surface area contributed by atoms with Crippen molar-refractivity contribution in [2.24, 2.45) is 0 Å². The summed E-state index contributed by atoms with van der Waals surface area (Å²) in [5.41, 5.74) is -0.0321. The number of rotatable bonds is 7. The van der Waals surface area contributed by atoms with E-state index >= 15 is 0 Å². The van der Waals surface area contributed by atoms with Gasteiger partial charge in [0.25, 0.3) is 0 Å². The van der Waals surface area contributed by atoms with Crippen LogP contribution < -0.4 is 5.32 Å². The van der Waals surface area contributed by atoms with E-state index in [2.05, 4.69) is 5.32 Å². The summed E-state index contributed by atoms with van der Waals surface area (Å²) in [6.45, 7) is 0.568. The molecule has 21 heavy (non-hydrogen) atoms. The predicted octanol–water partition coefficient (Wildman–Crippen LogP) is 3.67. The summed E-state index contributed by atoms with van der Waals surface area (Å²) < 4.78 is 31.7. The normalized spacial score (nSPS) is 12.4. The molecule has 0 spiro atoms. The number of halogens is 3. The number of anilines is 1. The van der Waals surface area contributed by atoms with Crippen molar-refractivity contribution in [1.82, 2.24) is 0 Å². The first kappa shape index (κ1) is 16.2. The quantitative estimate of drug-likeness (QED) is 0.812. The van der Waals surface area contributed by atoms with Gasteiger partial charge in [0.1, 0.15) is 5.82 Å². The Bertz CT molecular complexity index is 557. The van der Waals surface area contributed by atoms with Gasteiger partial charge in [0, 0.05) is 17.5 Å². The Labute approximate surface area is 130 Å². The minimum Gasteiger partial charge on any atom is -0.389 e. The van der Waals surface area contributed by atoms with Gasteiger partial charge in [-0.05, 0) is 17.5 Å². The Morgan fingerprint density at radius 2 is 2.19 bits per heavy atom. The Kier molecular flexibility index (Phi) is 5.93. The van der Waals surface area contributed by atoms with E-state index in [0.29, 0.717) is 6.61 Å². The van der Waals surface area contributed by atoms with Gasteiger partial charge in [-0.1, -0.05) is 17.7 Å². The first-order valence-corrected chi connectivity index (χ1v) is 7.48. The second-order valence-electron chi connectivity index (χ2n) is 4.37. The van der Waals surface area contributed by atoms with Crippen LogP contribution >= 0.6 is 22.9 Å². The number of thiophene rings is 1. The molecular weight excluding hydrogens is 320 g/mol. The Hall–Kier alpha value is -1.21. The molecule has 1 aromatic heterocycles. The van der Waals surface area contributed by atoms with E-state index in [1.807, 2.05) is 17.5 Å². The van der Waals surface area contributed by atoms with Gasteiger partial charge in [0.05, 0.1) is 30.0 Å². The number of hydrogen-bond acceptors (Lipinski definition) is 4. The average molecular weight is 334 g/mol. The standard InChI is InChI=1S/C14H14ClF2NO2S/c15-12-4-9(16)5-13(17)14(12)18-6-10(19)7-20-8-11-2-1-3-21-11/h1-5,10,18-19H,6-8H2. The Morgan fingerprint density at radius 1 is 1.38 bits per heavy atom. The number of hydrogen-bond donors (Lipinski definition) is 2. The number of aliphatic hydroxyl groups excluding tert-OH is 1. The SMILES string of the molecule is OC(CNc1c(F)cc(F)cc1Cl)COCc1cccs1. The largest absolute Gasteiger partial charge is 0.389 e. The van der Waals surface area contributed by atoms with Gasteiger partial charge in [-0.25, -0.2) is 8.78 Å². The maximum atomic E-state index is 13.5. The van der Waals surface area contributed by atoms with Crippen LogP contribution in [-0.4, -0.2) is 24.4 Å². The number of benzene rings is 1. The number of nitrogens with one attached hydrogen (secondary N) is 1. The van der Waals surface area contributed by atoms with Crippen LogP contribution in [0.4, 0.5) is 14.5 Å². The van der Waals surface area contributed by atoms with Crippen LogP contribution in [0.15, 0.2) is 29.6 Å². The van der Waals surface area contributed by atoms with E-state index in [1.54, 1.807) is 11.3 Å². The molecule has 3 nitrogen and oxygen atoms in total. The molecule has 1 unspecified atom stereocenters. The fourth-order valence-electron chi connectivity index (χ4n) is 1.68. The first-order valence-electron chi connectivity index (χ1n) is 6.23. The lowest BCUT2D eigenvalue weighted by Crippen LogP contribution is -2.25. The second kappa shape index (κ2) is 7.70. The Balaban J connectivity index is 1.77. The summed E-state index contributed by atoms with van der Waals surface area (Å²) in [7, 11) is 0. The van der Waals surface area contributed by atoms with E-state index in [9.17, 15) is 13.9 Å². The molecule has 2 rings (SSSR count). The number of aliphatic hydroxyl groups is 1. The molecule has 2 N–H and O–H groups in total. The molecule has 0 aliphatic rings. The molecule has 0 saturated heterocycles. The van der Waals surface area contributed by atoms with Gasteiger partial charge < -0.3 is 15.2 Å². The molecule has 1 heterocycles. The third kappa shape index (κ3) is 4.93. The van der Waals surface area contributed by atoms with Gasteiger partial charge in [-0.2, -0.15) is 0 Å². The molecule has 0 bridgehead atoms. The fraction of sp³-hybridized carbons (Fsp3) is 0.286. The van der Waals surface area contributed by atoms with Gasteiger partial charge in [0.2, 0.25) is 0 Å².